The fraction of sp³-hybridized carbons (Fsp3) is 0.300. The SMILES string of the molecule is COC(=O)C(S)c1ccc(C)cc1. The molecule has 0 aliphatic carbocycles. The van der Waals surface area contributed by atoms with Crippen molar-refractivity contribution in [2.45, 2.75) is 12.2 Å². The zero-order valence-corrected chi connectivity index (χ0v) is 8.54. The summed E-state index contributed by atoms with van der Waals surface area (Å²) in [7, 11) is 1.36. The minimum absolute atomic E-state index is 0.327. The molecule has 1 rings (SSSR count). The zero-order chi connectivity index (χ0) is 9.84. The highest BCUT2D eigenvalue weighted by atomic mass is 32.1. The van der Waals surface area contributed by atoms with Gasteiger partial charge < -0.3 is 4.74 Å². The van der Waals surface area contributed by atoms with E-state index in [-0.39, 0.29) is 5.97 Å². The monoisotopic (exact) mass is 196 g/mol. The lowest BCUT2D eigenvalue weighted by Crippen LogP contribution is -2.08. The first-order valence-electron chi connectivity index (χ1n) is 3.97. The molecule has 0 aromatic heterocycles. The summed E-state index contributed by atoms with van der Waals surface area (Å²) in [5.41, 5.74) is 2.02. The van der Waals surface area contributed by atoms with Gasteiger partial charge >= 0.3 is 5.97 Å². The molecule has 1 aromatic carbocycles. The molecule has 2 nitrogen and oxygen atoms in total. The number of hydrogen-bond donors (Lipinski definition) is 1. The largest absolute Gasteiger partial charge is 0.468 e. The summed E-state index contributed by atoms with van der Waals surface area (Å²) in [6.07, 6.45) is 0. The van der Waals surface area contributed by atoms with Gasteiger partial charge in [-0.1, -0.05) is 29.8 Å². The average Bonchev–Trinajstić information content (AvgIpc) is 2.17. The highest BCUT2D eigenvalue weighted by molar-refractivity contribution is 7.81. The molecule has 0 fully saturated rings. The van der Waals surface area contributed by atoms with Crippen molar-refractivity contribution in [3.63, 3.8) is 0 Å². The van der Waals surface area contributed by atoms with Gasteiger partial charge in [-0.2, -0.15) is 12.6 Å². The van der Waals surface area contributed by atoms with Crippen LogP contribution in [-0.2, 0) is 9.53 Å². The smallest absolute Gasteiger partial charge is 0.323 e. The first-order chi connectivity index (χ1) is 6.15. The molecule has 0 spiro atoms. The topological polar surface area (TPSA) is 26.3 Å². The van der Waals surface area contributed by atoms with Crippen LogP contribution in [0, 0.1) is 6.92 Å². The van der Waals surface area contributed by atoms with Crippen molar-refractivity contribution in [2.24, 2.45) is 0 Å². The Kier molecular flexibility index (Phi) is 3.37. The van der Waals surface area contributed by atoms with Crippen molar-refractivity contribution < 1.29 is 9.53 Å². The van der Waals surface area contributed by atoms with E-state index in [9.17, 15) is 4.79 Å². The number of esters is 1. The van der Waals surface area contributed by atoms with Crippen LogP contribution < -0.4 is 0 Å². The summed E-state index contributed by atoms with van der Waals surface area (Å²) in [6, 6.07) is 7.65. The van der Waals surface area contributed by atoms with E-state index in [2.05, 4.69) is 17.4 Å². The van der Waals surface area contributed by atoms with Gasteiger partial charge in [0.05, 0.1) is 7.11 Å². The van der Waals surface area contributed by atoms with Crippen LogP contribution >= 0.6 is 12.6 Å². The molecule has 1 unspecified atom stereocenters. The molecular weight excluding hydrogens is 184 g/mol. The van der Waals surface area contributed by atoms with Crippen molar-refractivity contribution in [2.75, 3.05) is 7.11 Å². The molecule has 13 heavy (non-hydrogen) atoms. The predicted octanol–water partition coefficient (Wildman–Crippen LogP) is 2.14. The average molecular weight is 196 g/mol. The fourth-order valence-electron chi connectivity index (χ4n) is 0.996. The van der Waals surface area contributed by atoms with Crippen LogP contribution in [0.4, 0.5) is 0 Å². The number of carbonyl (C=O) groups excluding carboxylic acids is 1. The molecule has 3 heteroatoms. The molecule has 0 bridgehead atoms. The maximum Gasteiger partial charge on any atom is 0.323 e. The zero-order valence-electron chi connectivity index (χ0n) is 7.65. The Morgan fingerprint density at radius 2 is 1.92 bits per heavy atom. The summed E-state index contributed by atoms with van der Waals surface area (Å²) in [4.78, 5) is 11.1. The summed E-state index contributed by atoms with van der Waals surface area (Å²) in [5.74, 6) is -0.327. The lowest BCUT2D eigenvalue weighted by molar-refractivity contribution is -0.140. The van der Waals surface area contributed by atoms with E-state index in [0.29, 0.717) is 0 Å². The van der Waals surface area contributed by atoms with Crippen LogP contribution in [0.25, 0.3) is 0 Å². The Labute approximate surface area is 83.3 Å². The third-order valence-corrected chi connectivity index (χ3v) is 2.33. The maximum absolute atomic E-state index is 11.1. The molecule has 0 saturated carbocycles. The predicted molar refractivity (Wildman–Crippen MR) is 54.9 cm³/mol. The fourth-order valence-corrected chi connectivity index (χ4v) is 1.27. The van der Waals surface area contributed by atoms with Crippen LogP contribution in [0.2, 0.25) is 0 Å². The van der Waals surface area contributed by atoms with Crippen LogP contribution in [0.1, 0.15) is 16.4 Å². The van der Waals surface area contributed by atoms with Gasteiger partial charge in [-0.05, 0) is 12.5 Å². The van der Waals surface area contributed by atoms with Crippen LogP contribution in [0.3, 0.4) is 0 Å². The Balaban J connectivity index is 2.83. The highest BCUT2D eigenvalue weighted by Crippen LogP contribution is 2.21. The Morgan fingerprint density at radius 1 is 1.38 bits per heavy atom. The minimum atomic E-state index is -0.481. The summed E-state index contributed by atoms with van der Waals surface area (Å²) < 4.78 is 4.58. The van der Waals surface area contributed by atoms with Gasteiger partial charge in [0.1, 0.15) is 5.25 Å². The number of rotatable bonds is 2. The molecule has 70 valence electrons. The van der Waals surface area contributed by atoms with E-state index in [1.807, 2.05) is 31.2 Å². The molecule has 0 saturated heterocycles. The highest BCUT2D eigenvalue weighted by Gasteiger charge is 2.15. The Bertz CT molecular complexity index is 292. The van der Waals surface area contributed by atoms with E-state index >= 15 is 0 Å². The van der Waals surface area contributed by atoms with Crippen LogP contribution in [-0.4, -0.2) is 13.1 Å². The van der Waals surface area contributed by atoms with Crippen molar-refractivity contribution in [1.29, 1.82) is 0 Å². The number of ether oxygens (including phenoxy) is 1. The summed E-state index contributed by atoms with van der Waals surface area (Å²) >= 11 is 4.15. The van der Waals surface area contributed by atoms with Crippen LogP contribution in [0.5, 0.6) is 0 Å². The van der Waals surface area contributed by atoms with Gasteiger partial charge in [0.25, 0.3) is 0 Å². The molecule has 0 N–H and O–H groups in total. The number of hydrogen-bond acceptors (Lipinski definition) is 3. The molecule has 0 aliphatic rings. The number of benzene rings is 1. The van der Waals surface area contributed by atoms with Gasteiger partial charge in [-0.3, -0.25) is 4.79 Å². The van der Waals surface area contributed by atoms with E-state index in [0.717, 1.165) is 11.1 Å². The third kappa shape index (κ3) is 2.49. The van der Waals surface area contributed by atoms with E-state index in [1.54, 1.807) is 0 Å². The van der Waals surface area contributed by atoms with Gasteiger partial charge in [0.2, 0.25) is 0 Å². The van der Waals surface area contributed by atoms with Gasteiger partial charge in [0, 0.05) is 0 Å². The molecule has 0 heterocycles. The minimum Gasteiger partial charge on any atom is -0.468 e. The van der Waals surface area contributed by atoms with Crippen molar-refractivity contribution in [1.82, 2.24) is 0 Å². The van der Waals surface area contributed by atoms with E-state index in [1.165, 1.54) is 7.11 Å². The first-order valence-corrected chi connectivity index (χ1v) is 4.49. The second-order valence-electron chi connectivity index (χ2n) is 2.84. The molecule has 1 aromatic rings. The lowest BCUT2D eigenvalue weighted by Gasteiger charge is -2.08. The quantitative estimate of drug-likeness (QED) is 0.579. The van der Waals surface area contributed by atoms with Gasteiger partial charge in [-0.25, -0.2) is 0 Å². The maximum atomic E-state index is 11.1. The molecule has 0 amide bonds. The van der Waals surface area contributed by atoms with E-state index < -0.39 is 5.25 Å². The molecule has 0 aliphatic heterocycles. The first kappa shape index (κ1) is 10.1. The summed E-state index contributed by atoms with van der Waals surface area (Å²) in [6.45, 7) is 2.00. The normalized spacial score (nSPS) is 12.2. The second-order valence-corrected chi connectivity index (χ2v) is 3.35. The summed E-state index contributed by atoms with van der Waals surface area (Å²) in [5, 5.41) is -0.481. The third-order valence-electron chi connectivity index (χ3n) is 1.82. The lowest BCUT2D eigenvalue weighted by atomic mass is 10.1. The molecular formula is C10H12O2S. The van der Waals surface area contributed by atoms with Crippen molar-refractivity contribution >= 4 is 18.6 Å². The Morgan fingerprint density at radius 3 is 2.38 bits per heavy atom. The number of thiol groups is 1. The van der Waals surface area contributed by atoms with Gasteiger partial charge in [0.15, 0.2) is 0 Å². The van der Waals surface area contributed by atoms with Crippen molar-refractivity contribution in [3.8, 4) is 0 Å². The number of carbonyl (C=O) groups is 1. The number of aryl methyl sites for hydroxylation is 1. The van der Waals surface area contributed by atoms with Gasteiger partial charge in [-0.15, -0.1) is 0 Å². The second kappa shape index (κ2) is 4.33. The van der Waals surface area contributed by atoms with Crippen LogP contribution in [0.15, 0.2) is 24.3 Å². The van der Waals surface area contributed by atoms with Crippen molar-refractivity contribution in [3.05, 3.63) is 35.4 Å². The number of methoxy groups -OCH3 is 1. The standard InChI is InChI=1S/C10H12O2S/c1-7-3-5-8(6-4-7)9(13)10(11)12-2/h3-6,9,13H,1-2H3. The van der Waals surface area contributed by atoms with E-state index in [4.69, 9.17) is 0 Å². The molecule has 1 atom stereocenters. The Hall–Kier alpha value is -0.960. The molecule has 0 radical (unpaired) electrons.